The predicted octanol–water partition coefficient (Wildman–Crippen LogP) is 5.86. The lowest BCUT2D eigenvalue weighted by Crippen LogP contribution is -2.21. The number of nitrogens with zero attached hydrogens (tertiary/aromatic N) is 1. The van der Waals surface area contributed by atoms with Crippen LogP contribution in [0.25, 0.3) is 0 Å². The molecule has 0 aliphatic carbocycles. The zero-order chi connectivity index (χ0) is 19.8. The van der Waals surface area contributed by atoms with E-state index in [1.54, 1.807) is 0 Å². The molecule has 0 amide bonds. The standard InChI is InChI=1S/C25H29NO2/c1-4-26(3)20(2)23-15-16-24(27-18-21-11-7-5-8-12-21)25(17-23)28-19-22-13-9-6-10-14-22/h5-17,20H,4,18-19H2,1-3H3. The van der Waals surface area contributed by atoms with Crippen molar-refractivity contribution < 1.29 is 9.47 Å². The highest BCUT2D eigenvalue weighted by atomic mass is 16.5. The molecule has 0 saturated carbocycles. The average Bonchev–Trinajstić information content (AvgIpc) is 2.76. The summed E-state index contributed by atoms with van der Waals surface area (Å²) in [6.45, 7) is 6.41. The van der Waals surface area contributed by atoms with Crippen LogP contribution in [0.4, 0.5) is 0 Å². The zero-order valence-electron chi connectivity index (χ0n) is 17.0. The van der Waals surface area contributed by atoms with Crippen molar-refractivity contribution in [1.82, 2.24) is 4.90 Å². The monoisotopic (exact) mass is 375 g/mol. The average molecular weight is 376 g/mol. The van der Waals surface area contributed by atoms with Crippen LogP contribution in [-0.2, 0) is 13.2 Å². The van der Waals surface area contributed by atoms with E-state index in [4.69, 9.17) is 9.47 Å². The number of hydrogen-bond donors (Lipinski definition) is 0. The third-order valence-corrected chi connectivity index (χ3v) is 5.08. The fourth-order valence-corrected chi connectivity index (χ4v) is 3.02. The normalized spacial score (nSPS) is 12.0. The van der Waals surface area contributed by atoms with Gasteiger partial charge in [-0.3, -0.25) is 4.90 Å². The molecule has 0 spiro atoms. The smallest absolute Gasteiger partial charge is 0.162 e. The SMILES string of the molecule is CCN(C)C(C)c1ccc(OCc2ccccc2)c(OCc2ccccc2)c1. The number of benzene rings is 3. The Kier molecular flexibility index (Phi) is 7.10. The summed E-state index contributed by atoms with van der Waals surface area (Å²) in [7, 11) is 2.13. The fraction of sp³-hybridized carbons (Fsp3) is 0.280. The van der Waals surface area contributed by atoms with Gasteiger partial charge in [0.2, 0.25) is 0 Å². The van der Waals surface area contributed by atoms with Crippen LogP contribution in [0.2, 0.25) is 0 Å². The van der Waals surface area contributed by atoms with Gasteiger partial charge in [-0.1, -0.05) is 73.7 Å². The Morgan fingerprint density at radius 2 is 1.29 bits per heavy atom. The van der Waals surface area contributed by atoms with Crippen LogP contribution in [0, 0.1) is 0 Å². The number of ether oxygens (including phenoxy) is 2. The van der Waals surface area contributed by atoms with Crippen LogP contribution >= 0.6 is 0 Å². The molecular formula is C25H29NO2. The van der Waals surface area contributed by atoms with E-state index in [-0.39, 0.29) is 0 Å². The van der Waals surface area contributed by atoms with Crippen LogP contribution in [0.1, 0.15) is 36.6 Å². The second kappa shape index (κ2) is 9.95. The molecule has 0 aliphatic rings. The molecule has 28 heavy (non-hydrogen) atoms. The maximum atomic E-state index is 6.17. The van der Waals surface area contributed by atoms with Crippen molar-refractivity contribution in [1.29, 1.82) is 0 Å². The third kappa shape index (κ3) is 5.37. The van der Waals surface area contributed by atoms with E-state index < -0.39 is 0 Å². The topological polar surface area (TPSA) is 21.7 Å². The van der Waals surface area contributed by atoms with Crippen molar-refractivity contribution >= 4 is 0 Å². The van der Waals surface area contributed by atoms with Crippen LogP contribution < -0.4 is 9.47 Å². The first-order valence-electron chi connectivity index (χ1n) is 9.85. The van der Waals surface area contributed by atoms with Gasteiger partial charge >= 0.3 is 0 Å². The van der Waals surface area contributed by atoms with Gasteiger partial charge in [0, 0.05) is 6.04 Å². The van der Waals surface area contributed by atoms with Crippen molar-refractivity contribution in [3.05, 3.63) is 95.6 Å². The molecule has 3 aromatic carbocycles. The number of hydrogen-bond acceptors (Lipinski definition) is 3. The van der Waals surface area contributed by atoms with Crippen LogP contribution in [0.15, 0.2) is 78.9 Å². The molecule has 0 N–H and O–H groups in total. The molecule has 3 aromatic rings. The molecular weight excluding hydrogens is 346 g/mol. The molecule has 1 unspecified atom stereocenters. The highest BCUT2D eigenvalue weighted by molar-refractivity contribution is 5.44. The van der Waals surface area contributed by atoms with Gasteiger partial charge in [0.25, 0.3) is 0 Å². The molecule has 0 saturated heterocycles. The van der Waals surface area contributed by atoms with E-state index in [0.29, 0.717) is 19.3 Å². The molecule has 1 atom stereocenters. The Labute approximate surface area is 168 Å². The van der Waals surface area contributed by atoms with Crippen LogP contribution in [0.5, 0.6) is 11.5 Å². The third-order valence-electron chi connectivity index (χ3n) is 5.08. The summed E-state index contributed by atoms with van der Waals surface area (Å²) in [4.78, 5) is 2.31. The quantitative estimate of drug-likeness (QED) is 0.468. The molecule has 0 aromatic heterocycles. The maximum Gasteiger partial charge on any atom is 0.162 e. The molecule has 0 fully saturated rings. The summed E-state index contributed by atoms with van der Waals surface area (Å²) in [5.74, 6) is 1.56. The van der Waals surface area contributed by atoms with Gasteiger partial charge in [-0.15, -0.1) is 0 Å². The van der Waals surface area contributed by atoms with Crippen LogP contribution in [-0.4, -0.2) is 18.5 Å². The Morgan fingerprint density at radius 3 is 1.82 bits per heavy atom. The molecule has 0 heterocycles. The van der Waals surface area contributed by atoms with Crippen molar-refractivity contribution in [2.24, 2.45) is 0 Å². The van der Waals surface area contributed by atoms with Gasteiger partial charge < -0.3 is 9.47 Å². The molecule has 3 heteroatoms. The van der Waals surface area contributed by atoms with E-state index >= 15 is 0 Å². The van der Waals surface area contributed by atoms with E-state index in [1.807, 2.05) is 42.5 Å². The Bertz CT molecular complexity index is 849. The van der Waals surface area contributed by atoms with Crippen molar-refractivity contribution in [2.75, 3.05) is 13.6 Å². The minimum atomic E-state index is 0.312. The summed E-state index contributed by atoms with van der Waals surface area (Å²) in [5.41, 5.74) is 3.50. The first-order valence-corrected chi connectivity index (χ1v) is 9.85. The van der Waals surface area contributed by atoms with Crippen molar-refractivity contribution in [3.63, 3.8) is 0 Å². The summed E-state index contributed by atoms with van der Waals surface area (Å²) < 4.78 is 12.3. The molecule has 0 aliphatic heterocycles. The maximum absolute atomic E-state index is 6.17. The lowest BCUT2D eigenvalue weighted by atomic mass is 10.1. The minimum absolute atomic E-state index is 0.312. The largest absolute Gasteiger partial charge is 0.485 e. The Hall–Kier alpha value is -2.78. The Balaban J connectivity index is 1.80. The lowest BCUT2D eigenvalue weighted by Gasteiger charge is -2.24. The summed E-state index contributed by atoms with van der Waals surface area (Å²) in [5, 5.41) is 0. The van der Waals surface area contributed by atoms with Gasteiger partial charge in [0.15, 0.2) is 11.5 Å². The second-order valence-corrected chi connectivity index (χ2v) is 7.00. The van der Waals surface area contributed by atoms with Crippen LogP contribution in [0.3, 0.4) is 0 Å². The van der Waals surface area contributed by atoms with E-state index in [0.717, 1.165) is 29.2 Å². The highest BCUT2D eigenvalue weighted by Gasteiger charge is 2.14. The van der Waals surface area contributed by atoms with Crippen molar-refractivity contribution in [3.8, 4) is 11.5 Å². The van der Waals surface area contributed by atoms with E-state index in [2.05, 4.69) is 62.2 Å². The van der Waals surface area contributed by atoms with Gasteiger partial charge in [0.05, 0.1) is 0 Å². The van der Waals surface area contributed by atoms with Gasteiger partial charge in [-0.25, -0.2) is 0 Å². The lowest BCUT2D eigenvalue weighted by molar-refractivity contribution is 0.251. The van der Waals surface area contributed by atoms with E-state index in [9.17, 15) is 0 Å². The summed E-state index contributed by atoms with van der Waals surface area (Å²) in [6, 6.07) is 27.0. The van der Waals surface area contributed by atoms with Crippen molar-refractivity contribution in [2.45, 2.75) is 33.1 Å². The first kappa shape index (κ1) is 20.0. The first-order chi connectivity index (χ1) is 13.7. The minimum Gasteiger partial charge on any atom is -0.485 e. The van der Waals surface area contributed by atoms with Gasteiger partial charge in [-0.2, -0.15) is 0 Å². The second-order valence-electron chi connectivity index (χ2n) is 7.00. The van der Waals surface area contributed by atoms with Gasteiger partial charge in [0.1, 0.15) is 13.2 Å². The highest BCUT2D eigenvalue weighted by Crippen LogP contribution is 2.33. The summed E-state index contributed by atoms with van der Waals surface area (Å²) >= 11 is 0. The van der Waals surface area contributed by atoms with Gasteiger partial charge in [-0.05, 0) is 49.3 Å². The van der Waals surface area contributed by atoms with E-state index in [1.165, 1.54) is 5.56 Å². The fourth-order valence-electron chi connectivity index (χ4n) is 3.02. The molecule has 0 bridgehead atoms. The molecule has 146 valence electrons. The number of rotatable bonds is 9. The predicted molar refractivity (Wildman–Crippen MR) is 115 cm³/mol. The molecule has 3 rings (SSSR count). The molecule has 3 nitrogen and oxygen atoms in total. The molecule has 0 radical (unpaired) electrons. The zero-order valence-corrected chi connectivity index (χ0v) is 17.0. The summed E-state index contributed by atoms with van der Waals surface area (Å²) in [6.07, 6.45) is 0. The Morgan fingerprint density at radius 1 is 0.750 bits per heavy atom.